The molecule has 0 amide bonds. The summed E-state index contributed by atoms with van der Waals surface area (Å²) in [5.41, 5.74) is 1.07. The standard InChI is InChI=1S/C12H16INO2S/c1-12(2,3)17(15,16)14-10(11(14)13)9-7-5-4-6-8-9/h4-8,10-11H,1-3H3/t10-,11-,14?/m1/s1. The second kappa shape index (κ2) is 4.20. The normalized spacial score (nSPS) is 29.1. The summed E-state index contributed by atoms with van der Waals surface area (Å²) in [5.74, 6) is 0. The summed E-state index contributed by atoms with van der Waals surface area (Å²) < 4.78 is 25.6. The van der Waals surface area contributed by atoms with Crippen molar-refractivity contribution in [1.29, 1.82) is 0 Å². The first-order valence-corrected chi connectivity index (χ1v) is 8.17. The molecule has 0 aliphatic carbocycles. The van der Waals surface area contributed by atoms with Gasteiger partial charge in [0.1, 0.15) is 0 Å². The second-order valence-corrected chi connectivity index (χ2v) is 9.05. The fourth-order valence-corrected chi connectivity index (χ4v) is 5.27. The highest BCUT2D eigenvalue weighted by Gasteiger charge is 2.57. The molecule has 1 unspecified atom stereocenters. The summed E-state index contributed by atoms with van der Waals surface area (Å²) in [6.07, 6.45) is 0. The van der Waals surface area contributed by atoms with E-state index in [-0.39, 0.29) is 10.1 Å². The fourth-order valence-electron chi connectivity index (χ4n) is 1.74. The zero-order chi connectivity index (χ0) is 12.8. The zero-order valence-corrected chi connectivity index (χ0v) is 13.1. The average Bonchev–Trinajstić information content (AvgIpc) is 2.90. The molecule has 0 aromatic heterocycles. The van der Waals surface area contributed by atoms with Gasteiger partial charge in [-0.05, 0) is 26.3 Å². The van der Waals surface area contributed by atoms with E-state index in [9.17, 15) is 8.42 Å². The van der Waals surface area contributed by atoms with Crippen molar-refractivity contribution >= 4 is 32.6 Å². The van der Waals surface area contributed by atoms with Crippen LogP contribution in [-0.2, 0) is 10.0 Å². The average molecular weight is 365 g/mol. The molecule has 1 aliphatic heterocycles. The number of hydrogen-bond acceptors (Lipinski definition) is 2. The Morgan fingerprint density at radius 2 is 1.71 bits per heavy atom. The van der Waals surface area contributed by atoms with Gasteiger partial charge in [-0.1, -0.05) is 52.9 Å². The van der Waals surface area contributed by atoms with Gasteiger partial charge in [0.05, 0.1) is 14.8 Å². The summed E-state index contributed by atoms with van der Waals surface area (Å²) in [5, 5.41) is 0. The molecule has 5 heteroatoms. The summed E-state index contributed by atoms with van der Waals surface area (Å²) in [4.78, 5) is 0. The van der Waals surface area contributed by atoms with Gasteiger partial charge < -0.3 is 0 Å². The van der Waals surface area contributed by atoms with Crippen molar-refractivity contribution in [3.05, 3.63) is 35.9 Å². The lowest BCUT2D eigenvalue weighted by Crippen LogP contribution is -2.34. The van der Waals surface area contributed by atoms with Crippen molar-refractivity contribution < 1.29 is 8.42 Å². The molecule has 17 heavy (non-hydrogen) atoms. The molecule has 0 saturated carbocycles. The van der Waals surface area contributed by atoms with E-state index in [1.54, 1.807) is 25.1 Å². The maximum atomic E-state index is 12.3. The van der Waals surface area contributed by atoms with E-state index in [1.165, 1.54) is 0 Å². The van der Waals surface area contributed by atoms with Crippen LogP contribution in [0.25, 0.3) is 0 Å². The smallest absolute Gasteiger partial charge is 0.212 e. The molecule has 1 aliphatic rings. The molecule has 1 aromatic rings. The number of nitrogens with zero attached hydrogens (tertiary/aromatic N) is 1. The predicted octanol–water partition coefficient (Wildman–Crippen LogP) is 2.93. The molecular formula is C12H16INO2S. The quantitative estimate of drug-likeness (QED) is 0.350. The number of halogens is 1. The molecule has 0 spiro atoms. The van der Waals surface area contributed by atoms with E-state index < -0.39 is 14.8 Å². The van der Waals surface area contributed by atoms with E-state index in [0.29, 0.717) is 0 Å². The summed E-state index contributed by atoms with van der Waals surface area (Å²) in [6, 6.07) is 9.79. The van der Waals surface area contributed by atoms with Gasteiger partial charge in [0.25, 0.3) is 0 Å². The van der Waals surface area contributed by atoms with E-state index in [4.69, 9.17) is 0 Å². The van der Waals surface area contributed by atoms with Gasteiger partial charge in [0.2, 0.25) is 10.0 Å². The van der Waals surface area contributed by atoms with Crippen LogP contribution in [0.5, 0.6) is 0 Å². The molecular weight excluding hydrogens is 349 g/mol. The molecule has 0 radical (unpaired) electrons. The lowest BCUT2D eigenvalue weighted by atomic mass is 10.2. The van der Waals surface area contributed by atoms with Crippen LogP contribution in [0, 0.1) is 0 Å². The Kier molecular flexibility index (Phi) is 3.29. The summed E-state index contributed by atoms with van der Waals surface area (Å²) >= 11 is 2.19. The highest BCUT2D eigenvalue weighted by atomic mass is 127. The topological polar surface area (TPSA) is 37.1 Å². The Balaban J connectivity index is 2.29. The zero-order valence-electron chi connectivity index (χ0n) is 10.1. The first-order chi connectivity index (χ1) is 7.77. The minimum absolute atomic E-state index is 0.000949. The minimum Gasteiger partial charge on any atom is -0.212 e. The van der Waals surface area contributed by atoms with Crippen LogP contribution in [0.15, 0.2) is 30.3 Å². The van der Waals surface area contributed by atoms with E-state index in [1.807, 2.05) is 30.3 Å². The highest BCUT2D eigenvalue weighted by Crippen LogP contribution is 2.51. The van der Waals surface area contributed by atoms with Crippen LogP contribution >= 0.6 is 22.6 Å². The molecule has 1 fully saturated rings. The van der Waals surface area contributed by atoms with Crippen LogP contribution in [0.2, 0.25) is 0 Å². The molecule has 3 atom stereocenters. The van der Waals surface area contributed by atoms with Crippen molar-refractivity contribution in [2.24, 2.45) is 0 Å². The Morgan fingerprint density at radius 3 is 2.18 bits per heavy atom. The first-order valence-electron chi connectivity index (χ1n) is 5.49. The minimum atomic E-state index is -3.22. The largest absolute Gasteiger partial charge is 0.220 e. The predicted molar refractivity (Wildman–Crippen MR) is 77.5 cm³/mol. The Morgan fingerprint density at radius 1 is 1.18 bits per heavy atom. The van der Waals surface area contributed by atoms with Gasteiger partial charge in [0, 0.05) is 0 Å². The van der Waals surface area contributed by atoms with E-state index >= 15 is 0 Å². The number of alkyl halides is 1. The van der Waals surface area contributed by atoms with Crippen molar-refractivity contribution in [1.82, 2.24) is 4.31 Å². The molecule has 1 aromatic carbocycles. The van der Waals surface area contributed by atoms with Gasteiger partial charge in [-0.15, -0.1) is 0 Å². The molecule has 0 N–H and O–H groups in total. The maximum absolute atomic E-state index is 12.3. The second-order valence-electron chi connectivity index (χ2n) is 5.18. The first kappa shape index (κ1) is 13.3. The van der Waals surface area contributed by atoms with E-state index in [0.717, 1.165) is 5.56 Å². The monoisotopic (exact) mass is 365 g/mol. The van der Waals surface area contributed by atoms with Crippen LogP contribution < -0.4 is 0 Å². The van der Waals surface area contributed by atoms with Crippen molar-refractivity contribution in [3.8, 4) is 0 Å². The molecule has 94 valence electrons. The molecule has 1 heterocycles. The van der Waals surface area contributed by atoms with E-state index in [2.05, 4.69) is 22.6 Å². The van der Waals surface area contributed by atoms with Gasteiger partial charge in [0.15, 0.2) is 0 Å². The third-order valence-corrected chi connectivity index (χ3v) is 7.10. The van der Waals surface area contributed by atoms with Crippen molar-refractivity contribution in [2.45, 2.75) is 35.6 Å². The highest BCUT2D eigenvalue weighted by molar-refractivity contribution is 14.1. The summed E-state index contributed by atoms with van der Waals surface area (Å²) in [6.45, 7) is 5.23. The number of hydrogen-bond donors (Lipinski definition) is 0. The number of sulfonamides is 1. The fraction of sp³-hybridized carbons (Fsp3) is 0.500. The summed E-state index contributed by atoms with van der Waals surface area (Å²) in [7, 11) is -3.22. The third kappa shape index (κ3) is 2.24. The number of rotatable bonds is 2. The number of benzene rings is 1. The van der Waals surface area contributed by atoms with Crippen LogP contribution in [0.1, 0.15) is 32.4 Å². The van der Waals surface area contributed by atoms with Gasteiger partial charge in [-0.3, -0.25) is 0 Å². The maximum Gasteiger partial charge on any atom is 0.220 e. The Labute approximate surface area is 116 Å². The van der Waals surface area contributed by atoms with Crippen LogP contribution in [0.4, 0.5) is 0 Å². The van der Waals surface area contributed by atoms with Gasteiger partial charge in [-0.2, -0.15) is 4.31 Å². The van der Waals surface area contributed by atoms with Gasteiger partial charge >= 0.3 is 0 Å². The van der Waals surface area contributed by atoms with Gasteiger partial charge in [-0.25, -0.2) is 8.42 Å². The lowest BCUT2D eigenvalue weighted by Gasteiger charge is -2.20. The lowest BCUT2D eigenvalue weighted by molar-refractivity contribution is 0.516. The Hall–Kier alpha value is -0.140. The SMILES string of the molecule is CC(C)(C)S(=O)(=O)N1[C@H](c2ccccc2)[C@@H]1I. The van der Waals surface area contributed by atoms with Crippen molar-refractivity contribution in [3.63, 3.8) is 0 Å². The Bertz CT molecular complexity index is 507. The molecule has 1 saturated heterocycles. The van der Waals surface area contributed by atoms with Crippen LogP contribution in [-0.4, -0.2) is 21.5 Å². The van der Waals surface area contributed by atoms with Crippen molar-refractivity contribution in [2.75, 3.05) is 0 Å². The molecule has 3 nitrogen and oxygen atoms in total. The third-order valence-electron chi connectivity index (χ3n) is 2.88. The molecule has 2 rings (SSSR count). The van der Waals surface area contributed by atoms with Crippen LogP contribution in [0.3, 0.4) is 0 Å². The molecule has 0 bridgehead atoms.